The Labute approximate surface area is 124 Å². The summed E-state index contributed by atoms with van der Waals surface area (Å²) in [5.74, 6) is -5.31. The van der Waals surface area contributed by atoms with Crippen LogP contribution < -0.4 is 5.73 Å². The molecule has 0 radical (unpaired) electrons. The number of hydrogen-bond donors (Lipinski definition) is 1. The number of aryl methyl sites for hydroxylation is 1. The van der Waals surface area contributed by atoms with Crippen LogP contribution in [0.25, 0.3) is 0 Å². The molecule has 0 aliphatic heterocycles. The zero-order chi connectivity index (χ0) is 15.0. The Balaban J connectivity index is 2.51. The van der Waals surface area contributed by atoms with Crippen molar-refractivity contribution >= 4 is 21.9 Å². The number of carbonyl (C=O) groups excluding carboxylic acids is 1. The maximum Gasteiger partial charge on any atom is 0.379 e. The molecular weight excluding hydrogens is 332 g/mol. The molecule has 0 saturated heterocycles. The lowest BCUT2D eigenvalue weighted by atomic mass is 9.73. The average molecular weight is 348 g/mol. The quantitative estimate of drug-likeness (QED) is 0.854. The summed E-state index contributed by atoms with van der Waals surface area (Å²) in [6, 6.07) is 5.12. The maximum absolute atomic E-state index is 14.5. The van der Waals surface area contributed by atoms with Gasteiger partial charge in [0, 0.05) is 4.47 Å². The van der Waals surface area contributed by atoms with Gasteiger partial charge in [-0.15, -0.1) is 0 Å². The third kappa shape index (κ3) is 2.35. The Hall–Kier alpha value is -1.01. The molecule has 2 N–H and O–H groups in total. The Morgan fingerprint density at radius 2 is 2.25 bits per heavy atom. The summed E-state index contributed by atoms with van der Waals surface area (Å²) in [5.41, 5.74) is 5.03. The molecule has 0 spiro atoms. The predicted octanol–water partition coefficient (Wildman–Crippen LogP) is 3.14. The molecule has 1 aromatic rings. The van der Waals surface area contributed by atoms with Crippen LogP contribution >= 0.6 is 15.9 Å². The summed E-state index contributed by atoms with van der Waals surface area (Å²) in [6.45, 7) is 1.39. The van der Waals surface area contributed by atoms with Crippen LogP contribution in [0.15, 0.2) is 22.7 Å². The highest BCUT2D eigenvalue weighted by atomic mass is 79.9. The van der Waals surface area contributed by atoms with Crippen molar-refractivity contribution in [2.45, 2.75) is 37.6 Å². The van der Waals surface area contributed by atoms with E-state index in [4.69, 9.17) is 5.73 Å². The highest BCUT2D eigenvalue weighted by Gasteiger charge is 2.60. The molecule has 0 heterocycles. The highest BCUT2D eigenvalue weighted by molar-refractivity contribution is 9.10. The number of halogens is 3. The second-order valence-corrected chi connectivity index (χ2v) is 5.84. The summed E-state index contributed by atoms with van der Waals surface area (Å²) >= 11 is 3.26. The molecule has 1 atom stereocenters. The Bertz CT molecular complexity index is 536. The fourth-order valence-electron chi connectivity index (χ4n) is 2.60. The van der Waals surface area contributed by atoms with E-state index in [1.165, 1.54) is 6.92 Å². The lowest BCUT2D eigenvalue weighted by molar-refractivity contribution is -0.184. The zero-order valence-electron chi connectivity index (χ0n) is 11.1. The molecule has 1 aromatic carbocycles. The minimum absolute atomic E-state index is 0.0439. The number of rotatable bonds is 3. The van der Waals surface area contributed by atoms with Crippen molar-refractivity contribution in [2.24, 2.45) is 5.73 Å². The number of nitrogens with two attached hydrogens (primary N) is 1. The first-order chi connectivity index (χ1) is 9.33. The van der Waals surface area contributed by atoms with E-state index in [2.05, 4.69) is 20.7 Å². The lowest BCUT2D eigenvalue weighted by Gasteiger charge is -2.40. The van der Waals surface area contributed by atoms with Crippen molar-refractivity contribution in [3.8, 4) is 0 Å². The van der Waals surface area contributed by atoms with E-state index < -0.39 is 17.4 Å². The van der Waals surface area contributed by atoms with Crippen molar-refractivity contribution in [1.29, 1.82) is 0 Å². The molecule has 1 aliphatic rings. The van der Waals surface area contributed by atoms with E-state index in [1.54, 1.807) is 18.2 Å². The van der Waals surface area contributed by atoms with Crippen molar-refractivity contribution < 1.29 is 18.3 Å². The van der Waals surface area contributed by atoms with Crippen molar-refractivity contribution in [3.63, 3.8) is 0 Å². The maximum atomic E-state index is 14.5. The zero-order valence-corrected chi connectivity index (χ0v) is 12.7. The van der Waals surface area contributed by atoms with Crippen LogP contribution in [0, 0.1) is 0 Å². The van der Waals surface area contributed by atoms with E-state index in [0.717, 1.165) is 5.56 Å². The molecule has 2 rings (SSSR count). The SMILES string of the molecule is CCOC(=O)C(F)(F)[C@@]1(N)CCCc2ccc(Br)cc21. The monoisotopic (exact) mass is 347 g/mol. The van der Waals surface area contributed by atoms with Crippen LogP contribution in [0.1, 0.15) is 30.9 Å². The second-order valence-electron chi connectivity index (χ2n) is 4.92. The van der Waals surface area contributed by atoms with Crippen LogP contribution in [0.5, 0.6) is 0 Å². The van der Waals surface area contributed by atoms with Gasteiger partial charge in [0.2, 0.25) is 0 Å². The molecule has 0 bridgehead atoms. The number of ether oxygens (including phenoxy) is 1. The van der Waals surface area contributed by atoms with Crippen LogP contribution in [-0.4, -0.2) is 18.5 Å². The number of benzene rings is 1. The standard InChI is InChI=1S/C14H16BrF2NO2/c1-2-20-12(19)14(16,17)13(18)7-3-4-9-5-6-10(15)8-11(9)13/h5-6,8H,2-4,7,18H2,1H3/t13-/m1/s1. The summed E-state index contributed by atoms with van der Waals surface area (Å²) in [4.78, 5) is 11.6. The van der Waals surface area contributed by atoms with E-state index in [0.29, 0.717) is 22.9 Å². The minimum Gasteiger partial charge on any atom is -0.461 e. The first-order valence-corrected chi connectivity index (χ1v) is 7.25. The molecule has 6 heteroatoms. The van der Waals surface area contributed by atoms with Gasteiger partial charge >= 0.3 is 11.9 Å². The van der Waals surface area contributed by atoms with Crippen molar-refractivity contribution in [3.05, 3.63) is 33.8 Å². The number of carbonyl (C=O) groups is 1. The van der Waals surface area contributed by atoms with Crippen LogP contribution in [0.4, 0.5) is 8.78 Å². The molecule has 1 aliphatic carbocycles. The molecule has 0 saturated carbocycles. The van der Waals surface area contributed by atoms with Gasteiger partial charge in [0.25, 0.3) is 0 Å². The van der Waals surface area contributed by atoms with Gasteiger partial charge in [0.1, 0.15) is 5.54 Å². The van der Waals surface area contributed by atoms with Crippen molar-refractivity contribution in [2.75, 3.05) is 6.61 Å². The molecule has 0 amide bonds. The van der Waals surface area contributed by atoms with Gasteiger partial charge in [-0.1, -0.05) is 22.0 Å². The number of hydrogen-bond acceptors (Lipinski definition) is 3. The number of esters is 1. The largest absolute Gasteiger partial charge is 0.461 e. The summed E-state index contributed by atoms with van der Waals surface area (Å²) in [6.07, 6.45) is 1.24. The summed E-state index contributed by atoms with van der Waals surface area (Å²) < 4.78 is 34.1. The van der Waals surface area contributed by atoms with Gasteiger partial charge < -0.3 is 10.5 Å². The summed E-state index contributed by atoms with van der Waals surface area (Å²) in [7, 11) is 0. The fourth-order valence-corrected chi connectivity index (χ4v) is 2.97. The highest BCUT2D eigenvalue weighted by Crippen LogP contribution is 2.45. The predicted molar refractivity (Wildman–Crippen MR) is 74.5 cm³/mol. The molecule has 0 aromatic heterocycles. The van der Waals surface area contributed by atoms with Gasteiger partial charge in [0.05, 0.1) is 6.61 Å². The second kappa shape index (κ2) is 5.41. The molecule has 0 fully saturated rings. The lowest BCUT2D eigenvalue weighted by Crippen LogP contribution is -2.59. The Kier molecular flexibility index (Phi) is 4.16. The topological polar surface area (TPSA) is 52.3 Å². The summed E-state index contributed by atoms with van der Waals surface area (Å²) in [5, 5.41) is 0. The van der Waals surface area contributed by atoms with E-state index in [1.807, 2.05) is 0 Å². The van der Waals surface area contributed by atoms with E-state index in [-0.39, 0.29) is 13.0 Å². The van der Waals surface area contributed by atoms with Crippen molar-refractivity contribution in [1.82, 2.24) is 0 Å². The van der Waals surface area contributed by atoms with E-state index >= 15 is 0 Å². The van der Waals surface area contributed by atoms with Gasteiger partial charge in [-0.25, -0.2) is 4.79 Å². The Morgan fingerprint density at radius 3 is 2.90 bits per heavy atom. The first kappa shape index (κ1) is 15.4. The minimum atomic E-state index is -3.75. The van der Waals surface area contributed by atoms with Gasteiger partial charge in [0.15, 0.2) is 0 Å². The first-order valence-electron chi connectivity index (χ1n) is 6.45. The number of alkyl halides is 2. The van der Waals surface area contributed by atoms with Gasteiger partial charge in [-0.3, -0.25) is 0 Å². The van der Waals surface area contributed by atoms with Gasteiger partial charge in [-0.2, -0.15) is 8.78 Å². The molecular formula is C14H16BrF2NO2. The molecule has 3 nitrogen and oxygen atoms in total. The number of fused-ring (bicyclic) bond motifs is 1. The molecule has 110 valence electrons. The third-order valence-corrected chi connectivity index (χ3v) is 4.16. The van der Waals surface area contributed by atoms with E-state index in [9.17, 15) is 13.6 Å². The molecule has 0 unspecified atom stereocenters. The van der Waals surface area contributed by atoms with Crippen LogP contribution in [-0.2, 0) is 21.5 Å². The smallest absolute Gasteiger partial charge is 0.379 e. The third-order valence-electron chi connectivity index (χ3n) is 3.66. The average Bonchev–Trinajstić information content (AvgIpc) is 2.40. The Morgan fingerprint density at radius 1 is 1.55 bits per heavy atom. The van der Waals surface area contributed by atoms with Crippen LogP contribution in [0.2, 0.25) is 0 Å². The van der Waals surface area contributed by atoms with Gasteiger partial charge in [-0.05, 0) is 49.4 Å². The van der Waals surface area contributed by atoms with Crippen LogP contribution in [0.3, 0.4) is 0 Å². The normalized spacial score (nSPS) is 22.2. The molecule has 20 heavy (non-hydrogen) atoms. The fraction of sp³-hybridized carbons (Fsp3) is 0.500.